The monoisotopic (exact) mass is 237 g/mol. The highest BCUT2D eigenvalue weighted by Gasteiger charge is 2.30. The molecule has 0 fully saturated rings. The molecule has 2 N–H and O–H groups in total. The molecule has 3 nitrogen and oxygen atoms in total. The van der Waals surface area contributed by atoms with Crippen molar-refractivity contribution in [3.8, 4) is 0 Å². The van der Waals surface area contributed by atoms with Gasteiger partial charge in [0, 0.05) is 6.04 Å². The fraction of sp³-hybridized carbons (Fsp3) is 0.500. The highest BCUT2D eigenvalue weighted by molar-refractivity contribution is 7.91. The van der Waals surface area contributed by atoms with Crippen molar-refractivity contribution in [1.29, 1.82) is 0 Å². The minimum atomic E-state index is -3.08. The molecule has 1 heterocycles. The van der Waals surface area contributed by atoms with Crippen LogP contribution in [0.4, 0.5) is 0 Å². The Morgan fingerprint density at radius 2 is 1.88 bits per heavy atom. The second-order valence-electron chi connectivity index (χ2n) is 4.73. The van der Waals surface area contributed by atoms with Crippen molar-refractivity contribution in [2.45, 2.75) is 36.6 Å². The van der Waals surface area contributed by atoms with Crippen LogP contribution < -0.4 is 5.73 Å². The molecule has 1 aromatic carbocycles. The summed E-state index contributed by atoms with van der Waals surface area (Å²) in [6.07, 6.45) is 3.75. The van der Waals surface area contributed by atoms with Crippen molar-refractivity contribution in [3.63, 3.8) is 0 Å². The molecule has 3 rings (SSSR count). The van der Waals surface area contributed by atoms with Crippen molar-refractivity contribution < 1.29 is 8.42 Å². The second-order valence-corrected chi connectivity index (χ2v) is 6.80. The number of fused-ring (bicyclic) bond motifs is 2. The number of aryl methyl sites for hydroxylation is 2. The number of hydrogen-bond acceptors (Lipinski definition) is 3. The van der Waals surface area contributed by atoms with E-state index in [1.54, 1.807) is 0 Å². The van der Waals surface area contributed by atoms with Crippen LogP contribution in [0.1, 0.15) is 35.6 Å². The topological polar surface area (TPSA) is 60.2 Å². The van der Waals surface area contributed by atoms with Gasteiger partial charge < -0.3 is 5.73 Å². The van der Waals surface area contributed by atoms with Crippen LogP contribution in [-0.4, -0.2) is 14.2 Å². The fourth-order valence-corrected chi connectivity index (χ4v) is 4.40. The second kappa shape index (κ2) is 3.31. The maximum Gasteiger partial charge on any atom is 0.178 e. The van der Waals surface area contributed by atoms with E-state index < -0.39 is 9.84 Å². The summed E-state index contributed by atoms with van der Waals surface area (Å²) in [4.78, 5) is 0.493. The maximum atomic E-state index is 12.0. The van der Waals surface area contributed by atoms with Gasteiger partial charge in [-0.05, 0) is 48.4 Å². The molecular formula is C12H15NO2S. The van der Waals surface area contributed by atoms with Gasteiger partial charge in [0.1, 0.15) is 0 Å². The number of nitrogens with two attached hydrogens (primary N) is 1. The van der Waals surface area contributed by atoms with Crippen LogP contribution in [0.5, 0.6) is 0 Å². The van der Waals surface area contributed by atoms with Gasteiger partial charge in [0.15, 0.2) is 9.84 Å². The van der Waals surface area contributed by atoms with E-state index in [4.69, 9.17) is 5.73 Å². The largest absolute Gasteiger partial charge is 0.324 e. The molecule has 2 aliphatic rings. The first-order valence-electron chi connectivity index (χ1n) is 5.72. The standard InChI is InChI=1S/C12H15NO2S/c13-11-4-5-16(14,15)12-7-9-3-1-2-8(9)6-10(11)12/h6-7,11H,1-5,13H2. The summed E-state index contributed by atoms with van der Waals surface area (Å²) in [5.41, 5.74) is 9.34. The van der Waals surface area contributed by atoms with E-state index in [1.165, 1.54) is 11.1 Å². The van der Waals surface area contributed by atoms with Crippen molar-refractivity contribution >= 4 is 9.84 Å². The molecule has 0 saturated heterocycles. The summed E-state index contributed by atoms with van der Waals surface area (Å²) >= 11 is 0. The Bertz CT molecular complexity index is 548. The highest BCUT2D eigenvalue weighted by Crippen LogP contribution is 2.35. The number of rotatable bonds is 0. The van der Waals surface area contributed by atoms with Gasteiger partial charge in [0.2, 0.25) is 0 Å². The van der Waals surface area contributed by atoms with Crippen molar-refractivity contribution in [3.05, 3.63) is 28.8 Å². The van der Waals surface area contributed by atoms with Gasteiger partial charge >= 0.3 is 0 Å². The lowest BCUT2D eigenvalue weighted by Gasteiger charge is -2.23. The zero-order valence-corrected chi connectivity index (χ0v) is 9.89. The van der Waals surface area contributed by atoms with Gasteiger partial charge in [-0.2, -0.15) is 0 Å². The molecule has 16 heavy (non-hydrogen) atoms. The lowest BCUT2D eigenvalue weighted by atomic mass is 9.99. The molecular weight excluding hydrogens is 222 g/mol. The molecule has 1 aromatic rings. The summed E-state index contributed by atoms with van der Waals surface area (Å²) in [5, 5.41) is 0. The molecule has 1 aliphatic heterocycles. The lowest BCUT2D eigenvalue weighted by Crippen LogP contribution is -2.25. The maximum absolute atomic E-state index is 12.0. The van der Waals surface area contributed by atoms with Crippen molar-refractivity contribution in [2.75, 3.05) is 5.75 Å². The molecule has 4 heteroatoms. The summed E-state index contributed by atoms with van der Waals surface area (Å²) in [5.74, 6) is 0.194. The molecule has 0 spiro atoms. The van der Waals surface area contributed by atoms with E-state index >= 15 is 0 Å². The molecule has 1 atom stereocenters. The smallest absolute Gasteiger partial charge is 0.178 e. The Balaban J connectivity index is 2.27. The molecule has 1 aliphatic carbocycles. The molecule has 0 amide bonds. The third kappa shape index (κ3) is 1.40. The highest BCUT2D eigenvalue weighted by atomic mass is 32.2. The van der Waals surface area contributed by atoms with E-state index in [9.17, 15) is 8.42 Å². The summed E-state index contributed by atoms with van der Waals surface area (Å²) in [6, 6.07) is 3.79. The molecule has 1 unspecified atom stereocenters. The predicted molar refractivity (Wildman–Crippen MR) is 62.1 cm³/mol. The van der Waals surface area contributed by atoms with Gasteiger partial charge in [-0.15, -0.1) is 0 Å². The molecule has 0 aromatic heterocycles. The first-order valence-corrected chi connectivity index (χ1v) is 7.37. The Morgan fingerprint density at radius 3 is 2.62 bits per heavy atom. The Morgan fingerprint density at radius 1 is 1.19 bits per heavy atom. The third-order valence-corrected chi connectivity index (χ3v) is 5.45. The van der Waals surface area contributed by atoms with Crippen LogP contribution >= 0.6 is 0 Å². The zero-order valence-electron chi connectivity index (χ0n) is 9.07. The first kappa shape index (κ1) is 10.3. The van der Waals surface area contributed by atoms with E-state index in [0.29, 0.717) is 11.3 Å². The van der Waals surface area contributed by atoms with Gasteiger partial charge in [-0.3, -0.25) is 0 Å². The third-order valence-electron chi connectivity index (χ3n) is 3.66. The van der Waals surface area contributed by atoms with E-state index in [-0.39, 0.29) is 11.8 Å². The predicted octanol–water partition coefficient (Wildman–Crippen LogP) is 1.35. The van der Waals surface area contributed by atoms with Crippen molar-refractivity contribution in [1.82, 2.24) is 0 Å². The fourth-order valence-electron chi connectivity index (χ4n) is 2.73. The molecule has 0 bridgehead atoms. The lowest BCUT2D eigenvalue weighted by molar-refractivity contribution is 0.568. The normalized spacial score (nSPS) is 26.2. The Labute approximate surface area is 95.6 Å². The minimum absolute atomic E-state index is 0.107. The van der Waals surface area contributed by atoms with E-state index in [1.807, 2.05) is 12.1 Å². The van der Waals surface area contributed by atoms with E-state index in [0.717, 1.165) is 24.8 Å². The van der Waals surface area contributed by atoms with Gasteiger partial charge in [0.05, 0.1) is 10.6 Å². The number of hydrogen-bond donors (Lipinski definition) is 1. The van der Waals surface area contributed by atoms with Crippen LogP contribution in [0.15, 0.2) is 17.0 Å². The van der Waals surface area contributed by atoms with Gasteiger partial charge in [0.25, 0.3) is 0 Å². The first-order chi connectivity index (χ1) is 7.58. The summed E-state index contributed by atoms with van der Waals surface area (Å²) < 4.78 is 23.9. The summed E-state index contributed by atoms with van der Waals surface area (Å²) in [7, 11) is -3.08. The number of sulfone groups is 1. The summed E-state index contributed by atoms with van der Waals surface area (Å²) in [6.45, 7) is 0. The molecule has 0 saturated carbocycles. The van der Waals surface area contributed by atoms with Crippen LogP contribution in [-0.2, 0) is 22.7 Å². The number of benzene rings is 1. The van der Waals surface area contributed by atoms with Crippen molar-refractivity contribution in [2.24, 2.45) is 5.73 Å². The average molecular weight is 237 g/mol. The average Bonchev–Trinajstić information content (AvgIpc) is 2.69. The van der Waals surface area contributed by atoms with Crippen LogP contribution in [0.25, 0.3) is 0 Å². The Hall–Kier alpha value is -0.870. The van der Waals surface area contributed by atoms with E-state index in [2.05, 4.69) is 0 Å². The van der Waals surface area contributed by atoms with Crippen LogP contribution in [0.3, 0.4) is 0 Å². The minimum Gasteiger partial charge on any atom is -0.324 e. The SMILES string of the molecule is NC1CCS(=O)(=O)c2cc3c(cc21)CCC3. The van der Waals surface area contributed by atoms with Crippen LogP contribution in [0.2, 0.25) is 0 Å². The Kier molecular flexibility index (Phi) is 2.13. The van der Waals surface area contributed by atoms with Gasteiger partial charge in [-0.25, -0.2) is 8.42 Å². The van der Waals surface area contributed by atoms with Crippen LogP contribution in [0, 0.1) is 0 Å². The van der Waals surface area contributed by atoms with Gasteiger partial charge in [-0.1, -0.05) is 6.07 Å². The molecule has 86 valence electrons. The zero-order chi connectivity index (χ0) is 11.3. The quantitative estimate of drug-likeness (QED) is 0.741. The molecule has 0 radical (unpaired) electrons.